The number of hydrogen-bond donors (Lipinski definition) is 1. The zero-order chi connectivity index (χ0) is 21.6. The molecule has 4 aromatic rings. The van der Waals surface area contributed by atoms with Gasteiger partial charge in [-0.1, -0.05) is 23.7 Å². The second kappa shape index (κ2) is 7.52. The summed E-state index contributed by atoms with van der Waals surface area (Å²) in [5.74, 6) is 0.570. The first-order valence-electron chi connectivity index (χ1n) is 8.81. The zero-order valence-corrected chi connectivity index (χ0v) is 17.3. The fraction of sp³-hybridized carbons (Fsp3) is 0.143. The third kappa shape index (κ3) is 3.85. The standard InChI is InChI=1S/C21H14ClF4N3S/c1-10-17(12-3-6-14(23)7-4-12)18-19(27-11(2)28-20(18)30-10)29-16-8-5-13(9-15(16)22)21(24,25)26/h3-9H,1-2H3,(H,27,28,29). The fourth-order valence-corrected chi connectivity index (χ4v) is 4.51. The maximum absolute atomic E-state index is 13.4. The molecule has 0 radical (unpaired) electrons. The summed E-state index contributed by atoms with van der Waals surface area (Å²) >= 11 is 7.57. The summed E-state index contributed by atoms with van der Waals surface area (Å²) in [5.41, 5.74) is 1.08. The van der Waals surface area contributed by atoms with Crippen molar-refractivity contribution in [1.29, 1.82) is 0 Å². The van der Waals surface area contributed by atoms with E-state index < -0.39 is 11.7 Å². The average Bonchev–Trinajstić information content (AvgIpc) is 2.99. The van der Waals surface area contributed by atoms with Crippen LogP contribution in [-0.2, 0) is 6.18 Å². The van der Waals surface area contributed by atoms with E-state index in [4.69, 9.17) is 11.6 Å². The summed E-state index contributed by atoms with van der Waals surface area (Å²) < 4.78 is 52.2. The summed E-state index contributed by atoms with van der Waals surface area (Å²) in [6.45, 7) is 3.65. The van der Waals surface area contributed by atoms with Gasteiger partial charge in [-0.2, -0.15) is 13.2 Å². The van der Waals surface area contributed by atoms with E-state index in [2.05, 4.69) is 15.3 Å². The quantitative estimate of drug-likeness (QED) is 0.327. The van der Waals surface area contributed by atoms with Crippen molar-refractivity contribution in [2.24, 2.45) is 0 Å². The molecule has 0 amide bonds. The number of thiophene rings is 1. The molecule has 9 heteroatoms. The first-order valence-corrected chi connectivity index (χ1v) is 10.0. The number of hydrogen-bond acceptors (Lipinski definition) is 4. The molecule has 0 fully saturated rings. The Labute approximate surface area is 178 Å². The lowest BCUT2D eigenvalue weighted by Gasteiger charge is -2.13. The van der Waals surface area contributed by atoms with Crippen molar-refractivity contribution < 1.29 is 17.6 Å². The molecule has 154 valence electrons. The number of anilines is 2. The minimum absolute atomic E-state index is 0.0791. The van der Waals surface area contributed by atoms with Gasteiger partial charge in [0.15, 0.2) is 0 Å². The van der Waals surface area contributed by atoms with Crippen LogP contribution in [0.2, 0.25) is 5.02 Å². The van der Waals surface area contributed by atoms with Crippen LogP contribution in [0.4, 0.5) is 29.1 Å². The molecule has 4 rings (SSSR count). The molecule has 0 aliphatic carbocycles. The van der Waals surface area contributed by atoms with E-state index in [1.54, 1.807) is 19.1 Å². The number of aromatic nitrogens is 2. The van der Waals surface area contributed by atoms with Crippen molar-refractivity contribution >= 4 is 44.7 Å². The minimum atomic E-state index is -4.48. The van der Waals surface area contributed by atoms with Gasteiger partial charge < -0.3 is 5.32 Å². The van der Waals surface area contributed by atoms with Gasteiger partial charge in [0.05, 0.1) is 21.7 Å². The van der Waals surface area contributed by atoms with Crippen LogP contribution in [0.15, 0.2) is 42.5 Å². The van der Waals surface area contributed by atoms with E-state index in [9.17, 15) is 17.6 Å². The van der Waals surface area contributed by atoms with Crippen molar-refractivity contribution in [3.8, 4) is 11.1 Å². The largest absolute Gasteiger partial charge is 0.416 e. The number of benzene rings is 2. The number of alkyl halides is 3. The highest BCUT2D eigenvalue weighted by atomic mass is 35.5. The number of rotatable bonds is 3. The molecule has 0 atom stereocenters. The molecule has 0 saturated carbocycles. The number of fused-ring (bicyclic) bond motifs is 1. The first kappa shape index (κ1) is 20.6. The average molecular weight is 452 g/mol. The molecule has 3 nitrogen and oxygen atoms in total. The predicted octanol–water partition coefficient (Wildman–Crippen LogP) is 7.53. The lowest BCUT2D eigenvalue weighted by Crippen LogP contribution is -2.05. The molecule has 0 bridgehead atoms. The fourth-order valence-electron chi connectivity index (χ4n) is 3.19. The molecule has 0 aliphatic heterocycles. The molecule has 30 heavy (non-hydrogen) atoms. The molecular weight excluding hydrogens is 438 g/mol. The Balaban J connectivity index is 1.86. The van der Waals surface area contributed by atoms with Gasteiger partial charge in [-0.3, -0.25) is 0 Å². The highest BCUT2D eigenvalue weighted by Gasteiger charge is 2.31. The van der Waals surface area contributed by atoms with E-state index in [0.717, 1.165) is 28.1 Å². The minimum Gasteiger partial charge on any atom is -0.338 e. The van der Waals surface area contributed by atoms with Crippen LogP contribution in [-0.4, -0.2) is 9.97 Å². The predicted molar refractivity (Wildman–Crippen MR) is 112 cm³/mol. The Kier molecular flexibility index (Phi) is 5.15. The van der Waals surface area contributed by atoms with Crippen LogP contribution in [0, 0.1) is 19.7 Å². The normalized spacial score (nSPS) is 11.8. The maximum atomic E-state index is 13.4. The van der Waals surface area contributed by atoms with Crippen molar-refractivity contribution in [2.75, 3.05) is 5.32 Å². The molecule has 0 spiro atoms. The number of halogens is 5. The maximum Gasteiger partial charge on any atom is 0.416 e. The van der Waals surface area contributed by atoms with Gasteiger partial charge in [-0.05, 0) is 49.7 Å². The van der Waals surface area contributed by atoms with Gasteiger partial charge in [0.1, 0.15) is 22.3 Å². The SMILES string of the molecule is Cc1nc(Nc2ccc(C(F)(F)F)cc2Cl)c2c(-c3ccc(F)cc3)c(C)sc2n1. The highest BCUT2D eigenvalue weighted by molar-refractivity contribution is 7.19. The van der Waals surface area contributed by atoms with E-state index in [1.807, 2.05) is 6.92 Å². The number of nitrogens with one attached hydrogen (secondary N) is 1. The van der Waals surface area contributed by atoms with Crippen LogP contribution in [0.5, 0.6) is 0 Å². The number of nitrogens with zero attached hydrogens (tertiary/aromatic N) is 2. The molecule has 2 aromatic carbocycles. The molecule has 0 unspecified atom stereocenters. The topological polar surface area (TPSA) is 37.8 Å². The Hall–Kier alpha value is -2.71. The van der Waals surface area contributed by atoms with E-state index in [0.29, 0.717) is 21.9 Å². The third-order valence-electron chi connectivity index (χ3n) is 4.52. The molecule has 2 aromatic heterocycles. The Morgan fingerprint density at radius 2 is 1.70 bits per heavy atom. The van der Waals surface area contributed by atoms with E-state index in [-0.39, 0.29) is 16.5 Å². The lowest BCUT2D eigenvalue weighted by atomic mass is 10.0. The second-order valence-electron chi connectivity index (χ2n) is 6.66. The van der Waals surface area contributed by atoms with Crippen LogP contribution < -0.4 is 5.32 Å². The summed E-state index contributed by atoms with van der Waals surface area (Å²) in [4.78, 5) is 10.6. The Morgan fingerprint density at radius 3 is 2.33 bits per heavy atom. The first-order chi connectivity index (χ1) is 14.1. The van der Waals surface area contributed by atoms with Gasteiger partial charge in [-0.25, -0.2) is 14.4 Å². The van der Waals surface area contributed by atoms with Crippen LogP contribution in [0.25, 0.3) is 21.3 Å². The molecular formula is C21H14ClF4N3S. The van der Waals surface area contributed by atoms with Gasteiger partial charge in [0, 0.05) is 10.4 Å². The molecule has 1 N–H and O–H groups in total. The summed E-state index contributed by atoms with van der Waals surface area (Å²) in [6.07, 6.45) is -4.48. The summed E-state index contributed by atoms with van der Waals surface area (Å²) in [7, 11) is 0. The molecule has 0 saturated heterocycles. The van der Waals surface area contributed by atoms with Gasteiger partial charge in [0.2, 0.25) is 0 Å². The van der Waals surface area contributed by atoms with Crippen molar-refractivity contribution in [2.45, 2.75) is 20.0 Å². The van der Waals surface area contributed by atoms with E-state index in [1.165, 1.54) is 29.5 Å². The summed E-state index contributed by atoms with van der Waals surface area (Å²) in [5, 5.41) is 3.67. The number of aryl methyl sites for hydroxylation is 2. The zero-order valence-electron chi connectivity index (χ0n) is 15.7. The highest BCUT2D eigenvalue weighted by Crippen LogP contribution is 2.42. The summed E-state index contributed by atoms with van der Waals surface area (Å²) in [6, 6.07) is 9.16. The van der Waals surface area contributed by atoms with Crippen LogP contribution >= 0.6 is 22.9 Å². The monoisotopic (exact) mass is 451 g/mol. The molecule has 0 aliphatic rings. The van der Waals surface area contributed by atoms with Crippen molar-refractivity contribution in [3.05, 3.63) is 69.6 Å². The molecule has 2 heterocycles. The van der Waals surface area contributed by atoms with Gasteiger partial charge in [-0.15, -0.1) is 11.3 Å². The van der Waals surface area contributed by atoms with Crippen molar-refractivity contribution in [3.63, 3.8) is 0 Å². The van der Waals surface area contributed by atoms with Gasteiger partial charge >= 0.3 is 6.18 Å². The third-order valence-corrected chi connectivity index (χ3v) is 5.83. The Morgan fingerprint density at radius 1 is 1.00 bits per heavy atom. The Bertz CT molecular complexity index is 1250. The van der Waals surface area contributed by atoms with Gasteiger partial charge in [0.25, 0.3) is 0 Å². The smallest absolute Gasteiger partial charge is 0.338 e. The van der Waals surface area contributed by atoms with Crippen LogP contribution in [0.3, 0.4) is 0 Å². The van der Waals surface area contributed by atoms with E-state index >= 15 is 0 Å². The van der Waals surface area contributed by atoms with Crippen LogP contribution in [0.1, 0.15) is 16.3 Å². The lowest BCUT2D eigenvalue weighted by molar-refractivity contribution is -0.137. The van der Waals surface area contributed by atoms with Crippen molar-refractivity contribution in [1.82, 2.24) is 9.97 Å². The second-order valence-corrected chi connectivity index (χ2v) is 8.27.